The molecule has 0 heterocycles. The fourth-order valence-electron chi connectivity index (χ4n) is 2.59. The van der Waals surface area contributed by atoms with Gasteiger partial charge in [-0.15, -0.1) is 11.6 Å². The van der Waals surface area contributed by atoms with Crippen molar-refractivity contribution in [1.82, 2.24) is 5.32 Å². The second-order valence-electron chi connectivity index (χ2n) is 4.86. The fraction of sp³-hybridized carbons (Fsp3) is 0.571. The zero-order valence-electron chi connectivity index (χ0n) is 9.96. The monoisotopic (exact) mass is 255 g/mol. The van der Waals surface area contributed by atoms with E-state index in [0.29, 0.717) is 11.8 Å². The lowest BCUT2D eigenvalue weighted by Gasteiger charge is -2.17. The van der Waals surface area contributed by atoms with Gasteiger partial charge in [-0.1, -0.05) is 18.6 Å². The van der Waals surface area contributed by atoms with Gasteiger partial charge in [0.25, 0.3) is 0 Å². The van der Waals surface area contributed by atoms with Crippen molar-refractivity contribution in [2.45, 2.75) is 25.8 Å². The first-order valence-corrected chi connectivity index (χ1v) is 6.84. The Bertz CT molecular complexity index is 339. The minimum atomic E-state index is -0.174. The topological polar surface area (TPSA) is 12.0 Å². The molecule has 1 aromatic carbocycles. The van der Waals surface area contributed by atoms with Gasteiger partial charge >= 0.3 is 0 Å². The van der Waals surface area contributed by atoms with Crippen molar-refractivity contribution in [2.24, 2.45) is 11.8 Å². The molecule has 1 aliphatic rings. The molecule has 2 unspecified atom stereocenters. The van der Waals surface area contributed by atoms with E-state index in [2.05, 4.69) is 5.32 Å². The number of alkyl halides is 1. The highest BCUT2D eigenvalue weighted by molar-refractivity contribution is 6.18. The third-order valence-electron chi connectivity index (χ3n) is 3.66. The van der Waals surface area contributed by atoms with E-state index in [-0.39, 0.29) is 5.82 Å². The summed E-state index contributed by atoms with van der Waals surface area (Å²) in [6.07, 6.45) is 3.86. The Morgan fingerprint density at radius 1 is 1.18 bits per heavy atom. The van der Waals surface area contributed by atoms with Crippen LogP contribution in [0.15, 0.2) is 24.3 Å². The summed E-state index contributed by atoms with van der Waals surface area (Å²) in [5.74, 6) is 2.00. The van der Waals surface area contributed by atoms with Gasteiger partial charge < -0.3 is 5.32 Å². The summed E-state index contributed by atoms with van der Waals surface area (Å²) in [7, 11) is 0. The van der Waals surface area contributed by atoms with Crippen molar-refractivity contribution in [3.63, 3.8) is 0 Å². The molecule has 1 aromatic rings. The molecule has 0 saturated heterocycles. The van der Waals surface area contributed by atoms with Gasteiger partial charge in [0.2, 0.25) is 0 Å². The molecule has 0 radical (unpaired) electrons. The average molecular weight is 256 g/mol. The molecule has 2 rings (SSSR count). The molecule has 2 atom stereocenters. The second kappa shape index (κ2) is 6.36. The van der Waals surface area contributed by atoms with Crippen LogP contribution >= 0.6 is 11.6 Å². The Labute approximate surface area is 107 Å². The van der Waals surface area contributed by atoms with Gasteiger partial charge in [-0.3, -0.25) is 0 Å². The zero-order valence-corrected chi connectivity index (χ0v) is 10.7. The van der Waals surface area contributed by atoms with Gasteiger partial charge in [-0.2, -0.15) is 0 Å². The predicted octanol–water partition coefficient (Wildman–Crippen LogP) is 3.57. The smallest absolute Gasteiger partial charge is 0.123 e. The lowest BCUT2D eigenvalue weighted by atomic mass is 9.98. The van der Waals surface area contributed by atoms with Crippen LogP contribution in [0.2, 0.25) is 0 Å². The number of rotatable bonds is 5. The first-order chi connectivity index (χ1) is 8.29. The molecule has 0 bridgehead atoms. The van der Waals surface area contributed by atoms with Gasteiger partial charge in [0, 0.05) is 12.4 Å². The van der Waals surface area contributed by atoms with Crippen molar-refractivity contribution in [2.75, 3.05) is 12.4 Å². The highest BCUT2D eigenvalue weighted by atomic mass is 35.5. The minimum absolute atomic E-state index is 0.174. The van der Waals surface area contributed by atoms with Crippen LogP contribution in [0.3, 0.4) is 0 Å². The molecular weight excluding hydrogens is 237 g/mol. The van der Waals surface area contributed by atoms with Crippen LogP contribution in [0, 0.1) is 17.7 Å². The van der Waals surface area contributed by atoms with E-state index in [9.17, 15) is 4.39 Å². The molecule has 1 fully saturated rings. The SMILES string of the molecule is Fc1ccc(CNCC2CCCC2CCl)cc1. The van der Waals surface area contributed by atoms with Crippen molar-refractivity contribution in [3.8, 4) is 0 Å². The Balaban J connectivity index is 1.74. The van der Waals surface area contributed by atoms with E-state index in [4.69, 9.17) is 11.6 Å². The third kappa shape index (κ3) is 3.68. The summed E-state index contributed by atoms with van der Waals surface area (Å²) >= 11 is 5.95. The Morgan fingerprint density at radius 2 is 1.88 bits per heavy atom. The number of halogens is 2. The number of hydrogen-bond acceptors (Lipinski definition) is 1. The lowest BCUT2D eigenvalue weighted by molar-refractivity contribution is 0.395. The fourth-order valence-corrected chi connectivity index (χ4v) is 3.00. The summed E-state index contributed by atoms with van der Waals surface area (Å²) < 4.78 is 12.7. The normalized spacial score (nSPS) is 24.1. The molecule has 0 aliphatic heterocycles. The first-order valence-electron chi connectivity index (χ1n) is 6.30. The zero-order chi connectivity index (χ0) is 12.1. The molecule has 1 N–H and O–H groups in total. The molecule has 1 saturated carbocycles. The van der Waals surface area contributed by atoms with Crippen molar-refractivity contribution < 1.29 is 4.39 Å². The molecular formula is C14H19ClFN. The Morgan fingerprint density at radius 3 is 2.59 bits per heavy atom. The maximum absolute atomic E-state index is 12.7. The quantitative estimate of drug-likeness (QED) is 0.794. The summed E-state index contributed by atoms with van der Waals surface area (Å²) in [5.41, 5.74) is 1.13. The van der Waals surface area contributed by atoms with E-state index in [1.807, 2.05) is 12.1 Å². The van der Waals surface area contributed by atoms with Crippen LogP contribution in [-0.4, -0.2) is 12.4 Å². The van der Waals surface area contributed by atoms with E-state index in [1.54, 1.807) is 0 Å². The van der Waals surface area contributed by atoms with Gasteiger partial charge in [-0.05, 0) is 48.9 Å². The minimum Gasteiger partial charge on any atom is -0.312 e. The lowest BCUT2D eigenvalue weighted by Crippen LogP contribution is -2.25. The van der Waals surface area contributed by atoms with Crippen LogP contribution in [0.4, 0.5) is 4.39 Å². The summed E-state index contributed by atoms with van der Waals surface area (Å²) in [6, 6.07) is 6.67. The number of hydrogen-bond donors (Lipinski definition) is 1. The van der Waals surface area contributed by atoms with Crippen molar-refractivity contribution in [1.29, 1.82) is 0 Å². The van der Waals surface area contributed by atoms with Crippen LogP contribution in [0.5, 0.6) is 0 Å². The van der Waals surface area contributed by atoms with E-state index >= 15 is 0 Å². The average Bonchev–Trinajstić information content (AvgIpc) is 2.79. The van der Waals surface area contributed by atoms with E-state index in [0.717, 1.165) is 24.5 Å². The molecule has 0 amide bonds. The number of nitrogens with one attached hydrogen (secondary N) is 1. The van der Waals surface area contributed by atoms with Gasteiger partial charge in [0.05, 0.1) is 0 Å². The van der Waals surface area contributed by atoms with Crippen LogP contribution in [0.1, 0.15) is 24.8 Å². The highest BCUT2D eigenvalue weighted by Gasteiger charge is 2.25. The van der Waals surface area contributed by atoms with Crippen LogP contribution in [0.25, 0.3) is 0 Å². The summed E-state index contributed by atoms with van der Waals surface area (Å²) in [6.45, 7) is 1.83. The Kier molecular flexibility index (Phi) is 4.81. The predicted molar refractivity (Wildman–Crippen MR) is 69.7 cm³/mol. The summed E-state index contributed by atoms with van der Waals surface area (Å²) in [5, 5.41) is 3.45. The Hall–Kier alpha value is -0.600. The van der Waals surface area contributed by atoms with E-state index < -0.39 is 0 Å². The van der Waals surface area contributed by atoms with Crippen molar-refractivity contribution >= 4 is 11.6 Å². The van der Waals surface area contributed by atoms with E-state index in [1.165, 1.54) is 31.4 Å². The number of benzene rings is 1. The molecule has 94 valence electrons. The second-order valence-corrected chi connectivity index (χ2v) is 5.17. The first kappa shape index (κ1) is 12.8. The molecule has 0 aromatic heterocycles. The van der Waals surface area contributed by atoms with Crippen LogP contribution in [-0.2, 0) is 6.54 Å². The maximum atomic E-state index is 12.7. The summed E-state index contributed by atoms with van der Waals surface area (Å²) in [4.78, 5) is 0. The largest absolute Gasteiger partial charge is 0.312 e. The van der Waals surface area contributed by atoms with Gasteiger partial charge in [0.15, 0.2) is 0 Å². The maximum Gasteiger partial charge on any atom is 0.123 e. The van der Waals surface area contributed by atoms with Gasteiger partial charge in [-0.25, -0.2) is 4.39 Å². The van der Waals surface area contributed by atoms with Gasteiger partial charge in [0.1, 0.15) is 5.82 Å². The standard InChI is InChI=1S/C14H19ClFN/c15-8-12-2-1-3-13(12)10-17-9-11-4-6-14(16)7-5-11/h4-7,12-13,17H,1-3,8-10H2. The molecule has 1 nitrogen and oxygen atoms in total. The third-order valence-corrected chi connectivity index (χ3v) is 4.06. The van der Waals surface area contributed by atoms with Crippen molar-refractivity contribution in [3.05, 3.63) is 35.6 Å². The molecule has 0 spiro atoms. The molecule has 17 heavy (non-hydrogen) atoms. The highest BCUT2D eigenvalue weighted by Crippen LogP contribution is 2.31. The molecule has 3 heteroatoms. The van der Waals surface area contributed by atoms with Crippen LogP contribution < -0.4 is 5.32 Å². The molecule has 1 aliphatic carbocycles.